The molecule has 0 saturated heterocycles. The number of rotatable bonds is 5. The number of alkyl halides is 1. The van der Waals surface area contributed by atoms with Crippen LogP contribution in [0.25, 0.3) is 0 Å². The minimum Gasteiger partial charge on any atom is -0.311 e. The Bertz CT molecular complexity index is 912. The van der Waals surface area contributed by atoms with Crippen molar-refractivity contribution in [2.75, 3.05) is 21.4 Å². The predicted molar refractivity (Wildman–Crippen MR) is 118 cm³/mol. The van der Waals surface area contributed by atoms with E-state index in [0.717, 1.165) is 11.4 Å². The molecule has 0 aliphatic heterocycles. The average molecular weight is 470 g/mol. The van der Waals surface area contributed by atoms with Crippen LogP contribution in [0.1, 0.15) is 20.7 Å². The zero-order valence-electron chi connectivity index (χ0n) is 14.9. The van der Waals surface area contributed by atoms with E-state index in [1.807, 2.05) is 60.7 Å². The van der Waals surface area contributed by atoms with Crippen LogP contribution in [0.2, 0.25) is 0 Å². The first-order valence-corrected chi connectivity index (χ1v) is 10.0. The van der Waals surface area contributed by atoms with Gasteiger partial charge >= 0.3 is 0 Å². The fraction of sp³-hybridized carbons (Fsp3) is 0.0909. The van der Waals surface area contributed by atoms with E-state index in [9.17, 15) is 9.59 Å². The molecule has 0 fully saturated rings. The van der Waals surface area contributed by atoms with Crippen LogP contribution in [0.4, 0.5) is 11.4 Å². The van der Waals surface area contributed by atoms with E-state index in [0.29, 0.717) is 15.7 Å². The smallest absolute Gasteiger partial charge is 0.258 e. The van der Waals surface area contributed by atoms with Gasteiger partial charge in [0.1, 0.15) is 0 Å². The second-order valence-electron chi connectivity index (χ2n) is 5.97. The molecule has 5 heteroatoms. The van der Waals surface area contributed by atoms with E-state index < -0.39 is 0 Å². The van der Waals surface area contributed by atoms with Crippen molar-refractivity contribution >= 4 is 45.8 Å². The van der Waals surface area contributed by atoms with Crippen molar-refractivity contribution in [3.8, 4) is 0 Å². The number of halogens is 1. The number of nitrogens with zero attached hydrogens (tertiary/aromatic N) is 2. The number of anilines is 2. The molecule has 0 bridgehead atoms. The highest BCUT2D eigenvalue weighted by atomic mass is 127. The van der Waals surface area contributed by atoms with E-state index in [2.05, 4.69) is 22.6 Å². The number of benzene rings is 3. The third-order valence-corrected chi connectivity index (χ3v) is 4.94. The van der Waals surface area contributed by atoms with Crippen molar-refractivity contribution in [3.63, 3.8) is 0 Å². The zero-order valence-corrected chi connectivity index (χ0v) is 17.0. The van der Waals surface area contributed by atoms with Crippen LogP contribution < -0.4 is 9.80 Å². The lowest BCUT2D eigenvalue weighted by Gasteiger charge is -2.21. The van der Waals surface area contributed by atoms with Crippen molar-refractivity contribution in [2.24, 2.45) is 0 Å². The maximum absolute atomic E-state index is 12.8. The Hall–Kier alpha value is -2.67. The highest BCUT2D eigenvalue weighted by Crippen LogP contribution is 2.20. The Labute approximate surface area is 172 Å². The van der Waals surface area contributed by atoms with Gasteiger partial charge in [-0.25, -0.2) is 0 Å². The SMILES string of the molecule is CN(C(=O)c1ccc(C(=O)N(CI)c2ccccc2)cc1)c1ccccc1. The van der Waals surface area contributed by atoms with Gasteiger partial charge in [-0.3, -0.25) is 14.5 Å². The van der Waals surface area contributed by atoms with Crippen molar-refractivity contribution in [2.45, 2.75) is 0 Å². The first kappa shape index (κ1) is 19.1. The fourth-order valence-electron chi connectivity index (χ4n) is 2.72. The summed E-state index contributed by atoms with van der Waals surface area (Å²) in [6, 6.07) is 25.8. The van der Waals surface area contributed by atoms with Crippen LogP contribution >= 0.6 is 22.6 Å². The van der Waals surface area contributed by atoms with Crippen LogP contribution in [-0.2, 0) is 0 Å². The van der Waals surface area contributed by atoms with Gasteiger partial charge in [0.2, 0.25) is 0 Å². The molecule has 0 aliphatic rings. The molecule has 2 amide bonds. The minimum absolute atomic E-state index is 0.0917. The summed E-state index contributed by atoms with van der Waals surface area (Å²) >= 11 is 2.17. The van der Waals surface area contributed by atoms with Gasteiger partial charge in [-0.15, -0.1) is 0 Å². The molecule has 0 saturated carbocycles. The summed E-state index contributed by atoms with van der Waals surface area (Å²) in [5, 5.41) is 0. The summed E-state index contributed by atoms with van der Waals surface area (Å²) in [4.78, 5) is 28.8. The lowest BCUT2D eigenvalue weighted by atomic mass is 10.1. The maximum atomic E-state index is 12.8. The van der Waals surface area contributed by atoms with E-state index >= 15 is 0 Å². The summed E-state index contributed by atoms with van der Waals surface area (Å²) in [6.07, 6.45) is 0. The molecule has 3 aromatic carbocycles. The molecule has 0 atom stereocenters. The molecule has 136 valence electrons. The highest BCUT2D eigenvalue weighted by Gasteiger charge is 2.18. The molecule has 0 heterocycles. The van der Waals surface area contributed by atoms with Crippen LogP contribution in [0.3, 0.4) is 0 Å². The molecular formula is C22H19IN2O2. The summed E-state index contributed by atoms with van der Waals surface area (Å²) in [5.41, 5.74) is 2.76. The van der Waals surface area contributed by atoms with Crippen molar-refractivity contribution in [1.82, 2.24) is 0 Å². The van der Waals surface area contributed by atoms with Crippen LogP contribution in [0, 0.1) is 0 Å². The van der Waals surface area contributed by atoms with E-state index in [1.54, 1.807) is 41.1 Å². The second kappa shape index (κ2) is 8.81. The Kier molecular flexibility index (Phi) is 6.24. The Morgan fingerprint density at radius 1 is 0.704 bits per heavy atom. The molecule has 0 radical (unpaired) electrons. The molecular weight excluding hydrogens is 451 g/mol. The Balaban J connectivity index is 1.78. The first-order chi connectivity index (χ1) is 13.1. The predicted octanol–water partition coefficient (Wildman–Crippen LogP) is 5.00. The normalized spacial score (nSPS) is 10.3. The van der Waals surface area contributed by atoms with E-state index in [4.69, 9.17) is 0 Å². The molecule has 0 aliphatic carbocycles. The van der Waals surface area contributed by atoms with Gasteiger partial charge in [-0.2, -0.15) is 0 Å². The monoisotopic (exact) mass is 470 g/mol. The van der Waals surface area contributed by atoms with Crippen molar-refractivity contribution < 1.29 is 9.59 Å². The highest BCUT2D eigenvalue weighted by molar-refractivity contribution is 14.1. The minimum atomic E-state index is -0.117. The van der Waals surface area contributed by atoms with Crippen LogP contribution in [0.15, 0.2) is 84.9 Å². The lowest BCUT2D eigenvalue weighted by Crippen LogP contribution is -2.29. The van der Waals surface area contributed by atoms with Crippen molar-refractivity contribution in [1.29, 1.82) is 0 Å². The van der Waals surface area contributed by atoms with Gasteiger partial charge in [0.05, 0.1) is 4.55 Å². The number of carbonyl (C=O) groups is 2. The van der Waals surface area contributed by atoms with E-state index in [1.165, 1.54) is 0 Å². The van der Waals surface area contributed by atoms with Gasteiger partial charge in [-0.05, 0) is 48.5 Å². The third kappa shape index (κ3) is 4.36. The van der Waals surface area contributed by atoms with Gasteiger partial charge in [0.15, 0.2) is 0 Å². The lowest BCUT2D eigenvalue weighted by molar-refractivity contribution is 0.0981. The third-order valence-electron chi connectivity index (χ3n) is 4.26. The van der Waals surface area contributed by atoms with Crippen LogP contribution in [-0.4, -0.2) is 23.4 Å². The molecule has 27 heavy (non-hydrogen) atoms. The Morgan fingerprint density at radius 2 is 1.15 bits per heavy atom. The molecule has 4 nitrogen and oxygen atoms in total. The zero-order chi connectivity index (χ0) is 19.2. The topological polar surface area (TPSA) is 40.6 Å². The quantitative estimate of drug-likeness (QED) is 0.299. The summed E-state index contributed by atoms with van der Waals surface area (Å²) in [5.74, 6) is -0.208. The van der Waals surface area contributed by atoms with Gasteiger partial charge in [0.25, 0.3) is 11.8 Å². The molecule has 0 spiro atoms. The molecule has 3 aromatic rings. The number of carbonyl (C=O) groups excluding carboxylic acids is 2. The largest absolute Gasteiger partial charge is 0.311 e. The first-order valence-electron chi connectivity index (χ1n) is 8.48. The molecule has 0 N–H and O–H groups in total. The van der Waals surface area contributed by atoms with Gasteiger partial charge < -0.3 is 4.90 Å². The Morgan fingerprint density at radius 3 is 1.63 bits per heavy atom. The summed E-state index contributed by atoms with van der Waals surface area (Å²) in [6.45, 7) is 0. The van der Waals surface area contributed by atoms with E-state index in [-0.39, 0.29) is 11.8 Å². The maximum Gasteiger partial charge on any atom is 0.258 e. The molecule has 3 rings (SSSR count). The average Bonchev–Trinajstić information content (AvgIpc) is 2.74. The fourth-order valence-corrected chi connectivity index (χ4v) is 3.43. The summed E-state index contributed by atoms with van der Waals surface area (Å²) in [7, 11) is 1.74. The molecule has 0 aromatic heterocycles. The number of amides is 2. The molecule has 0 unspecified atom stereocenters. The van der Waals surface area contributed by atoms with Gasteiger partial charge in [0, 0.05) is 29.5 Å². The number of hydrogen-bond donors (Lipinski definition) is 0. The second-order valence-corrected chi connectivity index (χ2v) is 6.65. The summed E-state index contributed by atoms with van der Waals surface area (Å²) < 4.78 is 0.540. The van der Waals surface area contributed by atoms with Crippen molar-refractivity contribution in [3.05, 3.63) is 96.1 Å². The van der Waals surface area contributed by atoms with Crippen LogP contribution in [0.5, 0.6) is 0 Å². The number of hydrogen-bond acceptors (Lipinski definition) is 2. The standard InChI is InChI=1S/C22H19IN2O2/c1-24(19-8-4-2-5-9-19)21(26)17-12-14-18(15-13-17)22(27)25(16-23)20-10-6-3-7-11-20/h2-15H,16H2,1H3. The van der Waals surface area contributed by atoms with Gasteiger partial charge in [-0.1, -0.05) is 59.0 Å². The number of para-hydroxylation sites is 2.